The normalized spacial score (nSPS) is 15.4. The van der Waals surface area contributed by atoms with Crippen LogP contribution in [0.2, 0.25) is 5.02 Å². The molecule has 1 aliphatic heterocycles. The predicted octanol–water partition coefficient (Wildman–Crippen LogP) is 7.25. The third kappa shape index (κ3) is 4.67. The molecule has 3 aromatic rings. The van der Waals surface area contributed by atoms with Crippen LogP contribution in [0.5, 0.6) is 0 Å². The van der Waals surface area contributed by atoms with Gasteiger partial charge in [0.15, 0.2) is 9.41 Å². The minimum Gasteiger partial charge on any atom is -0.450 e. The topological polar surface area (TPSA) is 33.5 Å². The maximum absolute atomic E-state index is 13.0. The second kappa shape index (κ2) is 9.02. The molecule has 4 rings (SSSR count). The van der Waals surface area contributed by atoms with E-state index < -0.39 is 0 Å². The average Bonchev–Trinajstić information content (AvgIpc) is 3.28. The molecule has 0 spiro atoms. The van der Waals surface area contributed by atoms with Crippen molar-refractivity contribution in [2.45, 2.75) is 24.7 Å². The summed E-state index contributed by atoms with van der Waals surface area (Å²) in [4.78, 5) is 15.2. The quantitative estimate of drug-likeness (QED) is 0.222. The minimum atomic E-state index is -0.120. The first kappa shape index (κ1) is 21.2. The summed E-state index contributed by atoms with van der Waals surface area (Å²) in [5, 5.41) is 1.52. The smallest absolute Gasteiger partial charge is 0.270 e. The Bertz CT molecular complexity index is 1150. The molecule has 0 atom stereocenters. The monoisotopic (exact) mass is 471 g/mol. The Balaban J connectivity index is 1.49. The molecule has 2 heterocycles. The molecule has 0 bridgehead atoms. The Morgan fingerprint density at radius 1 is 1.13 bits per heavy atom. The van der Waals surface area contributed by atoms with E-state index in [1.54, 1.807) is 22.7 Å². The summed E-state index contributed by atoms with van der Waals surface area (Å²) in [6, 6.07) is 17.6. The van der Waals surface area contributed by atoms with E-state index in [-0.39, 0.29) is 5.91 Å². The van der Waals surface area contributed by atoms with E-state index in [9.17, 15) is 4.79 Å². The van der Waals surface area contributed by atoms with Gasteiger partial charge in [0.05, 0.1) is 10.6 Å². The fourth-order valence-corrected chi connectivity index (χ4v) is 5.20. The summed E-state index contributed by atoms with van der Waals surface area (Å²) in [5.41, 5.74) is 4.09. The van der Waals surface area contributed by atoms with Gasteiger partial charge in [-0.25, -0.2) is 0 Å². The van der Waals surface area contributed by atoms with Crippen molar-refractivity contribution < 1.29 is 9.21 Å². The number of halogens is 1. The number of hydrogen-bond donors (Lipinski definition) is 0. The number of thioether (sulfide) groups is 2. The van der Waals surface area contributed by atoms with Crippen LogP contribution in [-0.4, -0.2) is 10.2 Å². The molecule has 3 nitrogen and oxygen atoms in total. The zero-order chi connectivity index (χ0) is 21.3. The standard InChI is InChI=1S/C23H18ClNO2S3/c1-14-3-4-15(2)19(11-14)25-22(26)20(30-23(25)28)12-18-9-10-21(27-18)29-13-16-5-7-17(24)8-6-16/h3-12H,13H2,1-2H3/b20-12-. The van der Waals surface area contributed by atoms with Gasteiger partial charge in [-0.15, -0.1) is 0 Å². The molecule has 1 fully saturated rings. The molecule has 0 saturated carbocycles. The number of amides is 1. The second-order valence-corrected chi connectivity index (χ2v) is 9.97. The largest absolute Gasteiger partial charge is 0.450 e. The maximum atomic E-state index is 13.0. The SMILES string of the molecule is Cc1ccc(C)c(N2C(=O)/C(=C/c3ccc(SCc4ccc(Cl)cc4)o3)SC2=S)c1. The van der Waals surface area contributed by atoms with Crippen LogP contribution < -0.4 is 4.90 Å². The first-order valence-electron chi connectivity index (χ1n) is 9.23. The molecule has 1 amide bonds. The molecule has 0 unspecified atom stereocenters. The van der Waals surface area contributed by atoms with E-state index in [2.05, 4.69) is 0 Å². The average molecular weight is 472 g/mol. The number of hydrogen-bond acceptors (Lipinski definition) is 5. The molecular weight excluding hydrogens is 454 g/mol. The predicted molar refractivity (Wildman–Crippen MR) is 131 cm³/mol. The highest BCUT2D eigenvalue weighted by Crippen LogP contribution is 2.38. The van der Waals surface area contributed by atoms with Crippen molar-refractivity contribution in [1.82, 2.24) is 0 Å². The van der Waals surface area contributed by atoms with Gasteiger partial charge in [0.25, 0.3) is 5.91 Å². The second-order valence-electron chi connectivity index (χ2n) is 6.88. The zero-order valence-corrected chi connectivity index (χ0v) is 19.6. The number of nitrogens with zero attached hydrogens (tertiary/aromatic N) is 1. The molecule has 1 aromatic heterocycles. The Morgan fingerprint density at radius 3 is 2.67 bits per heavy atom. The van der Waals surface area contributed by atoms with Gasteiger partial charge < -0.3 is 4.42 Å². The summed E-state index contributed by atoms with van der Waals surface area (Å²) in [5.74, 6) is 1.29. The van der Waals surface area contributed by atoms with E-state index in [4.69, 9.17) is 28.2 Å². The van der Waals surface area contributed by atoms with Gasteiger partial charge in [0, 0.05) is 16.9 Å². The maximum Gasteiger partial charge on any atom is 0.270 e. The van der Waals surface area contributed by atoms with E-state index in [1.165, 1.54) is 11.8 Å². The van der Waals surface area contributed by atoms with Crippen molar-refractivity contribution in [1.29, 1.82) is 0 Å². The number of carbonyl (C=O) groups is 1. The van der Waals surface area contributed by atoms with E-state index in [1.807, 2.05) is 68.4 Å². The number of benzene rings is 2. The molecule has 30 heavy (non-hydrogen) atoms. The Labute approximate surface area is 194 Å². The molecule has 7 heteroatoms. The van der Waals surface area contributed by atoms with Gasteiger partial charge >= 0.3 is 0 Å². The van der Waals surface area contributed by atoms with Crippen LogP contribution in [0.15, 0.2) is 69.0 Å². The first-order valence-corrected chi connectivity index (χ1v) is 11.8. The Kier molecular flexibility index (Phi) is 6.39. The van der Waals surface area contributed by atoms with Crippen LogP contribution >= 0.6 is 47.3 Å². The summed E-state index contributed by atoms with van der Waals surface area (Å²) in [6.45, 7) is 3.98. The van der Waals surface area contributed by atoms with Gasteiger partial charge in [-0.2, -0.15) is 0 Å². The number of rotatable bonds is 5. The molecule has 1 aliphatic rings. The molecule has 152 valence electrons. The van der Waals surface area contributed by atoms with Crippen molar-refractivity contribution >= 4 is 69.3 Å². The van der Waals surface area contributed by atoms with Gasteiger partial charge in [0.2, 0.25) is 0 Å². The van der Waals surface area contributed by atoms with Gasteiger partial charge in [-0.3, -0.25) is 9.69 Å². The van der Waals surface area contributed by atoms with Crippen LogP contribution in [0.25, 0.3) is 6.08 Å². The van der Waals surface area contributed by atoms with Crippen molar-refractivity contribution in [3.63, 3.8) is 0 Å². The summed E-state index contributed by atoms with van der Waals surface area (Å²) >= 11 is 14.3. The lowest BCUT2D eigenvalue weighted by atomic mass is 10.1. The van der Waals surface area contributed by atoms with Crippen molar-refractivity contribution in [3.05, 3.63) is 87.0 Å². The lowest BCUT2D eigenvalue weighted by Crippen LogP contribution is -2.28. The van der Waals surface area contributed by atoms with Crippen molar-refractivity contribution in [2.24, 2.45) is 0 Å². The number of furan rings is 1. The lowest BCUT2D eigenvalue weighted by Gasteiger charge is -2.17. The van der Waals surface area contributed by atoms with Crippen LogP contribution in [0.3, 0.4) is 0 Å². The van der Waals surface area contributed by atoms with Crippen molar-refractivity contribution in [3.8, 4) is 0 Å². The Morgan fingerprint density at radius 2 is 1.90 bits per heavy atom. The molecular formula is C23H18ClNO2S3. The van der Waals surface area contributed by atoms with Crippen LogP contribution in [0.4, 0.5) is 5.69 Å². The molecule has 1 saturated heterocycles. The molecule has 0 N–H and O–H groups in total. The number of aryl methyl sites for hydroxylation is 2. The van der Waals surface area contributed by atoms with Gasteiger partial charge in [0.1, 0.15) is 5.76 Å². The van der Waals surface area contributed by atoms with E-state index in [0.717, 1.165) is 38.2 Å². The van der Waals surface area contributed by atoms with Gasteiger partial charge in [-0.1, -0.05) is 71.6 Å². The zero-order valence-electron chi connectivity index (χ0n) is 16.3. The first-order chi connectivity index (χ1) is 14.4. The highest BCUT2D eigenvalue weighted by molar-refractivity contribution is 8.27. The third-order valence-electron chi connectivity index (χ3n) is 4.57. The Hall–Kier alpha value is -1.99. The highest BCUT2D eigenvalue weighted by atomic mass is 35.5. The lowest BCUT2D eigenvalue weighted by molar-refractivity contribution is -0.113. The molecule has 2 aromatic carbocycles. The van der Waals surface area contributed by atoms with Crippen LogP contribution in [0.1, 0.15) is 22.5 Å². The third-order valence-corrected chi connectivity index (χ3v) is 7.10. The van der Waals surface area contributed by atoms with E-state index in [0.29, 0.717) is 15.0 Å². The highest BCUT2D eigenvalue weighted by Gasteiger charge is 2.34. The number of carbonyl (C=O) groups excluding carboxylic acids is 1. The fraction of sp³-hybridized carbons (Fsp3) is 0.130. The minimum absolute atomic E-state index is 0.120. The number of thiocarbonyl (C=S) groups is 1. The molecule has 0 aliphatic carbocycles. The van der Waals surface area contributed by atoms with Gasteiger partial charge in [-0.05, 0) is 60.9 Å². The van der Waals surface area contributed by atoms with Crippen molar-refractivity contribution in [2.75, 3.05) is 4.90 Å². The fourth-order valence-electron chi connectivity index (χ4n) is 2.99. The van der Waals surface area contributed by atoms with Crippen LogP contribution in [0, 0.1) is 13.8 Å². The summed E-state index contributed by atoms with van der Waals surface area (Å²) in [6.07, 6.45) is 1.76. The summed E-state index contributed by atoms with van der Waals surface area (Å²) in [7, 11) is 0. The summed E-state index contributed by atoms with van der Waals surface area (Å²) < 4.78 is 6.42. The number of anilines is 1. The van der Waals surface area contributed by atoms with E-state index >= 15 is 0 Å². The van der Waals surface area contributed by atoms with Crippen LogP contribution in [-0.2, 0) is 10.5 Å². The molecule has 0 radical (unpaired) electrons.